The molecule has 2 saturated carbocycles. The number of carbonyl (C=O) groups is 3. The van der Waals surface area contributed by atoms with E-state index in [2.05, 4.69) is 20.8 Å². The molecule has 2 fully saturated rings. The van der Waals surface area contributed by atoms with Crippen LogP contribution in [-0.4, -0.2) is 35.4 Å². The Bertz CT molecular complexity index is 864. The molecule has 5 nitrogen and oxygen atoms in total. The monoisotopic (exact) mass is 398 g/mol. The number of ketones is 2. The van der Waals surface area contributed by atoms with E-state index < -0.39 is 17.5 Å². The van der Waals surface area contributed by atoms with E-state index in [1.54, 1.807) is 12.2 Å². The molecule has 0 amide bonds. The molecule has 1 N–H and O–H groups in total. The molecule has 4 aliphatic carbocycles. The number of hydrogen-bond donors (Lipinski definition) is 1. The third-order valence-corrected chi connectivity index (χ3v) is 8.10. The Labute approximate surface area is 171 Å². The van der Waals surface area contributed by atoms with Gasteiger partial charge in [0.15, 0.2) is 18.2 Å². The molecule has 156 valence electrons. The molecule has 0 saturated heterocycles. The molecule has 4 rings (SSSR count). The first-order chi connectivity index (χ1) is 13.6. The van der Waals surface area contributed by atoms with Gasteiger partial charge >= 0.3 is 5.97 Å². The van der Waals surface area contributed by atoms with Crippen LogP contribution < -0.4 is 0 Å². The molecule has 0 aromatic heterocycles. The van der Waals surface area contributed by atoms with Crippen LogP contribution in [0, 0.1) is 34.5 Å². The zero-order valence-electron chi connectivity index (χ0n) is 17.6. The van der Waals surface area contributed by atoms with Crippen LogP contribution in [0.5, 0.6) is 0 Å². The highest BCUT2D eigenvalue weighted by Gasteiger charge is 2.61. The molecule has 0 aromatic carbocycles. The first kappa shape index (κ1) is 20.3. The van der Waals surface area contributed by atoms with Gasteiger partial charge in [0, 0.05) is 29.2 Å². The number of aliphatic hydroxyl groups is 1. The standard InChI is InChI=1S/C24H30O5/c1-13-9-16-17-5-6-18(21(28)12-29-14(2)25)24(17,4)11-20(27)22(16)23(3)8-7-15(26)10-19(13)23/h6-8,10,13,16-17,20,22,27H,5,9,11-12H2,1-4H3/t13-,16-,17?,20?,22?,23-,24-/m0/s1. The molecule has 4 aliphatic rings. The number of esters is 1. The smallest absolute Gasteiger partial charge is 0.303 e. The highest BCUT2D eigenvalue weighted by atomic mass is 16.5. The molecular formula is C24H30O5. The van der Waals surface area contributed by atoms with E-state index in [-0.39, 0.29) is 47.3 Å². The zero-order chi connectivity index (χ0) is 21.1. The Kier molecular flexibility index (Phi) is 4.73. The molecule has 0 radical (unpaired) electrons. The second kappa shape index (κ2) is 6.76. The summed E-state index contributed by atoms with van der Waals surface area (Å²) in [6.45, 7) is 7.46. The number of ether oxygens (including phenoxy) is 1. The number of fused-ring (bicyclic) bond motifs is 5. The van der Waals surface area contributed by atoms with Gasteiger partial charge in [-0.15, -0.1) is 0 Å². The average Bonchev–Trinajstić information content (AvgIpc) is 2.97. The molecular weight excluding hydrogens is 368 g/mol. The minimum Gasteiger partial charge on any atom is -0.457 e. The number of allylic oxidation sites excluding steroid dienone is 5. The molecule has 7 atom stereocenters. The molecule has 29 heavy (non-hydrogen) atoms. The maximum atomic E-state index is 12.8. The molecule has 5 heteroatoms. The van der Waals surface area contributed by atoms with E-state index in [4.69, 9.17) is 4.74 Å². The maximum absolute atomic E-state index is 12.8. The summed E-state index contributed by atoms with van der Waals surface area (Å²) in [7, 11) is 0. The quantitative estimate of drug-likeness (QED) is 0.739. The van der Waals surface area contributed by atoms with E-state index in [0.29, 0.717) is 12.0 Å². The van der Waals surface area contributed by atoms with Crippen molar-refractivity contribution in [3.8, 4) is 0 Å². The van der Waals surface area contributed by atoms with Gasteiger partial charge in [-0.05, 0) is 49.2 Å². The largest absolute Gasteiger partial charge is 0.457 e. The second-order valence-corrected chi connectivity index (χ2v) is 9.80. The van der Waals surface area contributed by atoms with E-state index in [9.17, 15) is 19.5 Å². The summed E-state index contributed by atoms with van der Waals surface area (Å²) in [6, 6.07) is 0. The third kappa shape index (κ3) is 2.97. The number of carbonyl (C=O) groups excluding carboxylic acids is 3. The van der Waals surface area contributed by atoms with Crippen molar-refractivity contribution in [2.45, 2.75) is 53.1 Å². The Hall–Kier alpha value is -2.01. The van der Waals surface area contributed by atoms with Gasteiger partial charge in [0.25, 0.3) is 0 Å². The zero-order valence-corrected chi connectivity index (χ0v) is 17.6. The van der Waals surface area contributed by atoms with E-state index >= 15 is 0 Å². The van der Waals surface area contributed by atoms with Gasteiger partial charge in [0.1, 0.15) is 0 Å². The predicted molar refractivity (Wildman–Crippen MR) is 108 cm³/mol. The van der Waals surface area contributed by atoms with Crippen LogP contribution in [0.2, 0.25) is 0 Å². The van der Waals surface area contributed by atoms with Crippen LogP contribution in [0.4, 0.5) is 0 Å². The summed E-state index contributed by atoms with van der Waals surface area (Å²) in [5.41, 5.74) is 1.09. The van der Waals surface area contributed by atoms with Gasteiger partial charge in [-0.1, -0.05) is 38.5 Å². The van der Waals surface area contributed by atoms with Crippen molar-refractivity contribution in [2.75, 3.05) is 6.61 Å². The van der Waals surface area contributed by atoms with Crippen molar-refractivity contribution >= 4 is 17.5 Å². The van der Waals surface area contributed by atoms with Crippen LogP contribution in [0.15, 0.2) is 35.5 Å². The minimum atomic E-state index is -0.567. The summed E-state index contributed by atoms with van der Waals surface area (Å²) in [6.07, 6.45) is 9.06. The predicted octanol–water partition coefficient (Wildman–Crippen LogP) is 3.18. The lowest BCUT2D eigenvalue weighted by Crippen LogP contribution is -2.57. The van der Waals surface area contributed by atoms with Crippen molar-refractivity contribution in [2.24, 2.45) is 34.5 Å². The van der Waals surface area contributed by atoms with Crippen LogP contribution in [-0.2, 0) is 19.1 Å². The van der Waals surface area contributed by atoms with Crippen molar-refractivity contribution in [1.82, 2.24) is 0 Å². The number of Topliss-reactive ketones (excluding diaryl/α,β-unsaturated/α-hetero) is 1. The molecule has 0 heterocycles. The summed E-state index contributed by atoms with van der Waals surface area (Å²) in [5.74, 6) is 0.213. The highest BCUT2D eigenvalue weighted by molar-refractivity contribution is 6.01. The fourth-order valence-electron chi connectivity index (χ4n) is 7.00. The molecule has 0 bridgehead atoms. The average molecular weight is 398 g/mol. The van der Waals surface area contributed by atoms with E-state index in [0.717, 1.165) is 18.4 Å². The lowest BCUT2D eigenvalue weighted by molar-refractivity contribution is -0.145. The number of rotatable bonds is 3. The van der Waals surface area contributed by atoms with Crippen molar-refractivity contribution < 1.29 is 24.2 Å². The fourth-order valence-corrected chi connectivity index (χ4v) is 7.00. The van der Waals surface area contributed by atoms with Gasteiger partial charge in [-0.3, -0.25) is 14.4 Å². The molecule has 0 aromatic rings. The van der Waals surface area contributed by atoms with E-state index in [1.165, 1.54) is 6.92 Å². The third-order valence-electron chi connectivity index (χ3n) is 8.10. The molecule has 0 spiro atoms. The van der Waals surface area contributed by atoms with Gasteiger partial charge in [-0.2, -0.15) is 0 Å². The SMILES string of the molecule is CC(=O)OCC(=O)C1=CCC2[C@@H]3C[C@H](C)C4=CC(=O)C=C[C@]4(C)C3C(O)C[C@]12C. The van der Waals surface area contributed by atoms with Gasteiger partial charge in [-0.25, -0.2) is 0 Å². The first-order valence-electron chi connectivity index (χ1n) is 10.6. The first-order valence-corrected chi connectivity index (χ1v) is 10.6. The summed E-state index contributed by atoms with van der Waals surface area (Å²) in [5, 5.41) is 11.3. The summed E-state index contributed by atoms with van der Waals surface area (Å²) in [4.78, 5) is 35.9. The van der Waals surface area contributed by atoms with Gasteiger partial charge in [0.2, 0.25) is 0 Å². The second-order valence-electron chi connectivity index (χ2n) is 9.80. The minimum absolute atomic E-state index is 0.0267. The van der Waals surface area contributed by atoms with Gasteiger partial charge in [0.05, 0.1) is 6.10 Å². The summed E-state index contributed by atoms with van der Waals surface area (Å²) >= 11 is 0. The Morgan fingerprint density at radius 3 is 2.72 bits per heavy atom. The Balaban J connectivity index is 1.66. The lowest BCUT2D eigenvalue weighted by Gasteiger charge is -2.59. The number of hydrogen-bond acceptors (Lipinski definition) is 5. The van der Waals surface area contributed by atoms with Crippen molar-refractivity contribution in [3.63, 3.8) is 0 Å². The van der Waals surface area contributed by atoms with Crippen LogP contribution in [0.1, 0.15) is 47.0 Å². The topological polar surface area (TPSA) is 80.7 Å². The Morgan fingerprint density at radius 1 is 1.31 bits per heavy atom. The van der Waals surface area contributed by atoms with Crippen LogP contribution in [0.3, 0.4) is 0 Å². The fraction of sp³-hybridized carbons (Fsp3) is 0.625. The van der Waals surface area contributed by atoms with Crippen molar-refractivity contribution in [3.05, 3.63) is 35.5 Å². The number of aliphatic hydroxyl groups excluding tert-OH is 1. The summed E-state index contributed by atoms with van der Waals surface area (Å²) < 4.78 is 4.95. The lowest BCUT2D eigenvalue weighted by atomic mass is 9.45. The van der Waals surface area contributed by atoms with Crippen molar-refractivity contribution in [1.29, 1.82) is 0 Å². The highest BCUT2D eigenvalue weighted by Crippen LogP contribution is 2.65. The van der Waals surface area contributed by atoms with E-state index in [1.807, 2.05) is 12.2 Å². The Morgan fingerprint density at radius 2 is 2.03 bits per heavy atom. The van der Waals surface area contributed by atoms with Crippen LogP contribution >= 0.6 is 0 Å². The van der Waals surface area contributed by atoms with Gasteiger partial charge < -0.3 is 9.84 Å². The maximum Gasteiger partial charge on any atom is 0.303 e. The molecule has 3 unspecified atom stereocenters. The normalized spacial score (nSPS) is 42.9. The van der Waals surface area contributed by atoms with Crippen LogP contribution in [0.25, 0.3) is 0 Å². The molecule has 0 aliphatic heterocycles.